The van der Waals surface area contributed by atoms with E-state index in [2.05, 4.69) is 5.32 Å². The third kappa shape index (κ3) is 3.64. The number of hydrogen-bond acceptors (Lipinski definition) is 4. The highest BCUT2D eigenvalue weighted by Crippen LogP contribution is 2.16. The molecule has 0 saturated heterocycles. The third-order valence-electron chi connectivity index (χ3n) is 2.48. The lowest BCUT2D eigenvalue weighted by Crippen LogP contribution is -2.36. The molecule has 0 radical (unpaired) electrons. The summed E-state index contributed by atoms with van der Waals surface area (Å²) in [5.74, 6) is -0.260. The molecule has 0 fully saturated rings. The first-order valence-corrected chi connectivity index (χ1v) is 5.40. The summed E-state index contributed by atoms with van der Waals surface area (Å²) >= 11 is 0. The highest BCUT2D eigenvalue weighted by atomic mass is 16.3. The summed E-state index contributed by atoms with van der Waals surface area (Å²) in [7, 11) is 0. The van der Waals surface area contributed by atoms with Crippen molar-refractivity contribution in [3.05, 3.63) is 23.8 Å². The molecule has 0 aliphatic rings. The molecule has 1 aromatic rings. The van der Waals surface area contributed by atoms with Crippen LogP contribution in [-0.4, -0.2) is 24.2 Å². The van der Waals surface area contributed by atoms with E-state index in [4.69, 9.17) is 16.6 Å². The predicted octanol–water partition coefficient (Wildman–Crippen LogP) is 0.599. The SMILES string of the molecule is CC(C)(CO)CNC(=O)c1ccc(N)cc1N. The summed E-state index contributed by atoms with van der Waals surface area (Å²) in [5.41, 5.74) is 12.2. The molecule has 0 unspecified atom stereocenters. The van der Waals surface area contributed by atoms with E-state index in [1.165, 1.54) is 0 Å². The molecule has 6 N–H and O–H groups in total. The molecule has 0 spiro atoms. The van der Waals surface area contributed by atoms with Gasteiger partial charge in [-0.3, -0.25) is 4.79 Å². The van der Waals surface area contributed by atoms with Crippen molar-refractivity contribution >= 4 is 17.3 Å². The number of carbonyl (C=O) groups is 1. The maximum Gasteiger partial charge on any atom is 0.253 e. The average molecular weight is 237 g/mol. The Morgan fingerprint density at radius 3 is 2.59 bits per heavy atom. The van der Waals surface area contributed by atoms with Crippen molar-refractivity contribution in [1.82, 2.24) is 5.32 Å². The van der Waals surface area contributed by atoms with Gasteiger partial charge in [0.1, 0.15) is 0 Å². The van der Waals surface area contributed by atoms with Gasteiger partial charge in [-0.2, -0.15) is 0 Å². The first-order valence-electron chi connectivity index (χ1n) is 5.40. The second-order valence-electron chi connectivity index (χ2n) is 4.85. The van der Waals surface area contributed by atoms with E-state index in [9.17, 15) is 4.79 Å². The van der Waals surface area contributed by atoms with Crippen molar-refractivity contribution in [2.45, 2.75) is 13.8 Å². The molecule has 0 aliphatic heterocycles. The molecule has 0 heterocycles. The highest BCUT2D eigenvalue weighted by Gasteiger charge is 2.18. The van der Waals surface area contributed by atoms with Crippen molar-refractivity contribution in [2.24, 2.45) is 5.41 Å². The van der Waals surface area contributed by atoms with Crippen LogP contribution in [-0.2, 0) is 0 Å². The summed E-state index contributed by atoms with van der Waals surface area (Å²) in [6, 6.07) is 4.76. The van der Waals surface area contributed by atoms with E-state index < -0.39 is 0 Å². The average Bonchev–Trinajstić information content (AvgIpc) is 2.26. The summed E-state index contributed by atoms with van der Waals surface area (Å²) in [4.78, 5) is 11.8. The number of aliphatic hydroxyl groups excluding tert-OH is 1. The monoisotopic (exact) mass is 237 g/mol. The van der Waals surface area contributed by atoms with Crippen LogP contribution < -0.4 is 16.8 Å². The van der Waals surface area contributed by atoms with E-state index in [1.54, 1.807) is 18.2 Å². The number of rotatable bonds is 4. The standard InChI is InChI=1S/C12H19N3O2/c1-12(2,7-16)6-15-11(17)9-4-3-8(13)5-10(9)14/h3-5,16H,6-7,13-14H2,1-2H3,(H,15,17). The van der Waals surface area contributed by atoms with Crippen LogP contribution in [0.2, 0.25) is 0 Å². The van der Waals surface area contributed by atoms with Crippen molar-refractivity contribution in [1.29, 1.82) is 0 Å². The minimum atomic E-state index is -0.349. The van der Waals surface area contributed by atoms with Crippen LogP contribution in [0.5, 0.6) is 0 Å². The largest absolute Gasteiger partial charge is 0.399 e. The van der Waals surface area contributed by atoms with Gasteiger partial charge in [0.05, 0.1) is 5.56 Å². The maximum absolute atomic E-state index is 11.8. The van der Waals surface area contributed by atoms with Gasteiger partial charge in [0, 0.05) is 29.9 Å². The fourth-order valence-electron chi connectivity index (χ4n) is 1.26. The van der Waals surface area contributed by atoms with E-state index in [0.717, 1.165) is 0 Å². The zero-order valence-electron chi connectivity index (χ0n) is 10.2. The van der Waals surface area contributed by atoms with E-state index in [1.807, 2.05) is 13.8 Å². The molecule has 17 heavy (non-hydrogen) atoms. The zero-order valence-corrected chi connectivity index (χ0v) is 10.2. The lowest BCUT2D eigenvalue weighted by atomic mass is 9.95. The van der Waals surface area contributed by atoms with Crippen LogP contribution in [0.3, 0.4) is 0 Å². The lowest BCUT2D eigenvalue weighted by Gasteiger charge is -2.22. The molecule has 0 aromatic heterocycles. The molecule has 94 valence electrons. The Morgan fingerprint density at radius 2 is 2.06 bits per heavy atom. The maximum atomic E-state index is 11.8. The van der Waals surface area contributed by atoms with Crippen molar-refractivity contribution in [3.63, 3.8) is 0 Å². The Balaban J connectivity index is 2.71. The molecule has 5 nitrogen and oxygen atoms in total. The van der Waals surface area contributed by atoms with Gasteiger partial charge in [-0.1, -0.05) is 13.8 Å². The van der Waals surface area contributed by atoms with E-state index >= 15 is 0 Å². The summed E-state index contributed by atoms with van der Waals surface area (Å²) in [6.45, 7) is 4.11. The second kappa shape index (κ2) is 5.05. The normalized spacial score (nSPS) is 11.2. The Labute approximate surface area is 101 Å². The number of amides is 1. The van der Waals surface area contributed by atoms with Gasteiger partial charge in [0.25, 0.3) is 5.91 Å². The topological polar surface area (TPSA) is 101 Å². The number of nitrogens with one attached hydrogen (secondary N) is 1. The lowest BCUT2D eigenvalue weighted by molar-refractivity contribution is 0.0912. The fraction of sp³-hybridized carbons (Fsp3) is 0.417. The van der Waals surface area contributed by atoms with Crippen LogP contribution in [0.1, 0.15) is 24.2 Å². The molecular weight excluding hydrogens is 218 g/mol. The highest BCUT2D eigenvalue weighted by molar-refractivity contribution is 5.99. The van der Waals surface area contributed by atoms with Crippen LogP contribution in [0.15, 0.2) is 18.2 Å². The van der Waals surface area contributed by atoms with Gasteiger partial charge >= 0.3 is 0 Å². The van der Waals surface area contributed by atoms with Gasteiger partial charge in [-0.05, 0) is 18.2 Å². The number of anilines is 2. The molecule has 0 atom stereocenters. The molecule has 1 amide bonds. The fourth-order valence-corrected chi connectivity index (χ4v) is 1.26. The summed E-state index contributed by atoms with van der Waals surface area (Å²) in [5, 5.41) is 11.8. The van der Waals surface area contributed by atoms with Crippen molar-refractivity contribution < 1.29 is 9.90 Å². The molecule has 5 heteroatoms. The van der Waals surface area contributed by atoms with Crippen LogP contribution in [0.4, 0.5) is 11.4 Å². The summed E-state index contributed by atoms with van der Waals surface area (Å²) < 4.78 is 0. The Morgan fingerprint density at radius 1 is 1.41 bits per heavy atom. The van der Waals surface area contributed by atoms with E-state index in [-0.39, 0.29) is 17.9 Å². The minimum Gasteiger partial charge on any atom is -0.399 e. The smallest absolute Gasteiger partial charge is 0.253 e. The first-order chi connectivity index (χ1) is 7.85. The quantitative estimate of drug-likeness (QED) is 0.576. The summed E-state index contributed by atoms with van der Waals surface area (Å²) in [6.07, 6.45) is 0. The number of carbonyl (C=O) groups excluding carboxylic acids is 1. The molecule has 0 saturated carbocycles. The first kappa shape index (κ1) is 13.3. The number of aliphatic hydroxyl groups is 1. The Hall–Kier alpha value is -1.75. The molecule has 0 aliphatic carbocycles. The Bertz CT molecular complexity index is 416. The van der Waals surface area contributed by atoms with Gasteiger partial charge in [0.15, 0.2) is 0 Å². The molecule has 1 aromatic carbocycles. The second-order valence-corrected chi connectivity index (χ2v) is 4.85. The number of nitrogens with two attached hydrogens (primary N) is 2. The molecule has 1 rings (SSSR count). The predicted molar refractivity (Wildman–Crippen MR) is 68.5 cm³/mol. The molecule has 0 bridgehead atoms. The minimum absolute atomic E-state index is 0.00446. The van der Waals surface area contributed by atoms with Crippen LogP contribution >= 0.6 is 0 Å². The van der Waals surface area contributed by atoms with Gasteiger partial charge in [-0.25, -0.2) is 0 Å². The Kier molecular flexibility index (Phi) is 3.96. The number of hydrogen-bond donors (Lipinski definition) is 4. The van der Waals surface area contributed by atoms with Gasteiger partial charge in [-0.15, -0.1) is 0 Å². The van der Waals surface area contributed by atoms with Gasteiger partial charge in [0.2, 0.25) is 0 Å². The van der Waals surface area contributed by atoms with E-state index in [0.29, 0.717) is 23.5 Å². The van der Waals surface area contributed by atoms with Crippen molar-refractivity contribution in [2.75, 3.05) is 24.6 Å². The van der Waals surface area contributed by atoms with Crippen molar-refractivity contribution in [3.8, 4) is 0 Å². The number of benzene rings is 1. The zero-order chi connectivity index (χ0) is 13.1. The number of nitrogen functional groups attached to an aromatic ring is 2. The van der Waals surface area contributed by atoms with Gasteiger partial charge < -0.3 is 21.9 Å². The van der Waals surface area contributed by atoms with Crippen LogP contribution in [0, 0.1) is 5.41 Å². The third-order valence-corrected chi connectivity index (χ3v) is 2.48. The van der Waals surface area contributed by atoms with Crippen LogP contribution in [0.25, 0.3) is 0 Å². The molecular formula is C12H19N3O2.